The Morgan fingerprint density at radius 3 is 2.38 bits per heavy atom. The fourth-order valence-corrected chi connectivity index (χ4v) is 3.67. The number of benzene rings is 1. The predicted molar refractivity (Wildman–Crippen MR) is 135 cm³/mol. The molecule has 1 aliphatic heterocycles. The molecular formula is C24H36ClN5O2. The molecule has 1 fully saturated rings. The van der Waals surface area contributed by atoms with E-state index in [9.17, 15) is 4.79 Å². The van der Waals surface area contributed by atoms with Crippen LogP contribution in [-0.2, 0) is 0 Å². The Balaban J connectivity index is 0.00000363. The van der Waals surface area contributed by atoms with Crippen molar-refractivity contribution in [2.24, 2.45) is 0 Å². The van der Waals surface area contributed by atoms with Gasteiger partial charge in [0.15, 0.2) is 0 Å². The van der Waals surface area contributed by atoms with Crippen LogP contribution < -0.4 is 19.9 Å². The van der Waals surface area contributed by atoms with E-state index in [0.717, 1.165) is 56.4 Å². The van der Waals surface area contributed by atoms with Gasteiger partial charge in [-0.05, 0) is 44.5 Å². The lowest BCUT2D eigenvalue weighted by Gasteiger charge is -2.37. The molecule has 0 bridgehead atoms. The number of piperazine rings is 1. The molecule has 1 aromatic carbocycles. The van der Waals surface area contributed by atoms with Crippen molar-refractivity contribution in [3.8, 4) is 5.75 Å². The van der Waals surface area contributed by atoms with E-state index in [1.54, 1.807) is 19.0 Å². The highest BCUT2D eigenvalue weighted by atomic mass is 35.5. The topological polar surface area (TPSA) is 60.9 Å². The second kappa shape index (κ2) is 11.8. The molecule has 176 valence electrons. The number of para-hydroxylation sites is 2. The van der Waals surface area contributed by atoms with Gasteiger partial charge in [-0.25, -0.2) is 4.98 Å². The monoisotopic (exact) mass is 461 g/mol. The molecule has 0 saturated carbocycles. The Labute approximate surface area is 198 Å². The molecule has 3 rings (SSSR count). The number of hydrogen-bond acceptors (Lipinski definition) is 6. The molecule has 1 aliphatic rings. The average molecular weight is 462 g/mol. The van der Waals surface area contributed by atoms with Crippen molar-refractivity contribution in [1.82, 2.24) is 9.88 Å². The van der Waals surface area contributed by atoms with E-state index in [1.807, 2.05) is 24.3 Å². The van der Waals surface area contributed by atoms with Crippen LogP contribution in [0.1, 0.15) is 37.6 Å². The molecule has 1 aromatic heterocycles. The smallest absolute Gasteiger partial charge is 0.257 e. The molecule has 1 amide bonds. The maximum absolute atomic E-state index is 12.5. The number of rotatable bonds is 8. The van der Waals surface area contributed by atoms with Crippen LogP contribution in [0.5, 0.6) is 5.75 Å². The Morgan fingerprint density at radius 2 is 1.75 bits per heavy atom. The quantitative estimate of drug-likeness (QED) is 0.637. The Kier molecular flexibility index (Phi) is 9.44. The van der Waals surface area contributed by atoms with Crippen molar-refractivity contribution < 1.29 is 9.53 Å². The van der Waals surface area contributed by atoms with Crippen molar-refractivity contribution in [3.63, 3.8) is 0 Å². The first-order valence-electron chi connectivity index (χ1n) is 11.1. The summed E-state index contributed by atoms with van der Waals surface area (Å²) >= 11 is 0. The number of carbonyl (C=O) groups is 1. The molecule has 0 spiro atoms. The van der Waals surface area contributed by atoms with Gasteiger partial charge >= 0.3 is 0 Å². The summed E-state index contributed by atoms with van der Waals surface area (Å²) in [6.45, 7) is 10.5. The number of anilines is 3. The molecule has 0 aliphatic carbocycles. The van der Waals surface area contributed by atoms with Gasteiger partial charge in [0.1, 0.15) is 17.4 Å². The highest BCUT2D eigenvalue weighted by Crippen LogP contribution is 2.30. The third-order valence-electron chi connectivity index (χ3n) is 5.23. The zero-order chi connectivity index (χ0) is 22.4. The molecule has 7 nitrogen and oxygen atoms in total. The van der Waals surface area contributed by atoms with Gasteiger partial charge in [0.2, 0.25) is 0 Å². The number of nitrogens with one attached hydrogen (secondary N) is 1. The van der Waals surface area contributed by atoms with Crippen LogP contribution in [0.25, 0.3) is 0 Å². The van der Waals surface area contributed by atoms with Crippen molar-refractivity contribution in [2.75, 3.05) is 61.9 Å². The van der Waals surface area contributed by atoms with E-state index in [0.29, 0.717) is 11.4 Å². The Hall–Kier alpha value is -2.67. The number of hydrogen-bond donors (Lipinski definition) is 1. The summed E-state index contributed by atoms with van der Waals surface area (Å²) in [4.78, 5) is 23.6. The lowest BCUT2D eigenvalue weighted by molar-refractivity contribution is 0.0828. The molecular weight excluding hydrogens is 426 g/mol. The number of amides is 1. The summed E-state index contributed by atoms with van der Waals surface area (Å²) in [5.74, 6) is 2.46. The van der Waals surface area contributed by atoms with Crippen molar-refractivity contribution in [1.29, 1.82) is 0 Å². The van der Waals surface area contributed by atoms with E-state index >= 15 is 0 Å². The summed E-state index contributed by atoms with van der Waals surface area (Å²) in [6, 6.07) is 12.1. The molecule has 0 radical (unpaired) electrons. The second-order valence-electron chi connectivity index (χ2n) is 8.30. The number of ether oxygens (including phenoxy) is 1. The summed E-state index contributed by atoms with van der Waals surface area (Å²) in [6.07, 6.45) is 1.11. The molecule has 0 atom stereocenters. The number of carbonyl (C=O) groups excluding carboxylic acids is 1. The largest absolute Gasteiger partial charge is 0.489 e. The lowest BCUT2D eigenvalue weighted by Crippen LogP contribution is -2.47. The minimum absolute atomic E-state index is 0. The first kappa shape index (κ1) is 25.6. The molecule has 2 heterocycles. The number of aromatic nitrogens is 1. The van der Waals surface area contributed by atoms with Crippen LogP contribution in [0.3, 0.4) is 0 Å². The van der Waals surface area contributed by atoms with E-state index < -0.39 is 0 Å². The molecule has 1 N–H and O–H groups in total. The zero-order valence-corrected chi connectivity index (χ0v) is 20.6. The predicted octanol–water partition coefficient (Wildman–Crippen LogP) is 4.14. The maximum Gasteiger partial charge on any atom is 0.257 e. The first-order valence-corrected chi connectivity index (χ1v) is 11.1. The standard InChI is InChI=1S/C24H35N5O2.ClH/c1-6-13-25-23-19(24(30)27(4)5)11-12-22(26-23)29-16-14-28(15-17-29)20-9-7-8-10-21(20)31-18(2)3;/h7-12,18H,6,13-17H2,1-5H3,(H,25,26);1H. The zero-order valence-electron chi connectivity index (χ0n) is 19.8. The number of pyridine rings is 1. The number of nitrogens with zero attached hydrogens (tertiary/aromatic N) is 4. The van der Waals surface area contributed by atoms with Crippen LogP contribution in [-0.4, -0.2) is 68.7 Å². The summed E-state index contributed by atoms with van der Waals surface area (Å²) in [5.41, 5.74) is 1.75. The fourth-order valence-electron chi connectivity index (χ4n) is 3.67. The molecule has 0 unspecified atom stereocenters. The highest BCUT2D eigenvalue weighted by molar-refractivity contribution is 5.98. The van der Waals surface area contributed by atoms with Crippen LogP contribution in [0.15, 0.2) is 36.4 Å². The lowest BCUT2D eigenvalue weighted by atomic mass is 10.2. The Morgan fingerprint density at radius 1 is 1.09 bits per heavy atom. The SMILES string of the molecule is CCCNc1nc(N2CCN(c3ccccc3OC(C)C)CC2)ccc1C(=O)N(C)C.Cl. The number of halogens is 1. The van der Waals surface area contributed by atoms with Gasteiger partial charge < -0.3 is 24.8 Å². The normalized spacial score (nSPS) is 13.6. The van der Waals surface area contributed by atoms with E-state index in [4.69, 9.17) is 9.72 Å². The van der Waals surface area contributed by atoms with Gasteiger partial charge in [0, 0.05) is 46.8 Å². The Bertz CT molecular complexity index is 882. The van der Waals surface area contributed by atoms with Crippen molar-refractivity contribution >= 4 is 35.6 Å². The van der Waals surface area contributed by atoms with Crippen molar-refractivity contribution in [2.45, 2.75) is 33.3 Å². The molecule has 1 saturated heterocycles. The van der Waals surface area contributed by atoms with E-state index in [1.165, 1.54) is 0 Å². The maximum atomic E-state index is 12.5. The van der Waals surface area contributed by atoms with Gasteiger partial charge in [-0.2, -0.15) is 0 Å². The van der Waals surface area contributed by atoms with Crippen LogP contribution in [0, 0.1) is 0 Å². The molecule has 2 aromatic rings. The molecule has 8 heteroatoms. The van der Waals surface area contributed by atoms with Crippen LogP contribution >= 0.6 is 12.4 Å². The first-order chi connectivity index (χ1) is 14.9. The van der Waals surface area contributed by atoms with Gasteiger partial charge in [-0.15, -0.1) is 12.4 Å². The van der Waals surface area contributed by atoms with Gasteiger partial charge in [0.25, 0.3) is 5.91 Å². The minimum atomic E-state index is -0.0377. The van der Waals surface area contributed by atoms with Crippen LogP contribution in [0.2, 0.25) is 0 Å². The summed E-state index contributed by atoms with van der Waals surface area (Å²) < 4.78 is 6.01. The summed E-state index contributed by atoms with van der Waals surface area (Å²) in [7, 11) is 3.53. The summed E-state index contributed by atoms with van der Waals surface area (Å²) in [5, 5.41) is 3.33. The minimum Gasteiger partial charge on any atom is -0.489 e. The van der Waals surface area contributed by atoms with E-state index in [2.05, 4.69) is 48.0 Å². The van der Waals surface area contributed by atoms with E-state index in [-0.39, 0.29) is 24.4 Å². The molecule has 32 heavy (non-hydrogen) atoms. The third kappa shape index (κ3) is 6.19. The second-order valence-corrected chi connectivity index (χ2v) is 8.30. The van der Waals surface area contributed by atoms with Gasteiger partial charge in [-0.3, -0.25) is 4.79 Å². The fraction of sp³-hybridized carbons (Fsp3) is 0.500. The van der Waals surface area contributed by atoms with Crippen molar-refractivity contribution in [3.05, 3.63) is 42.0 Å². The van der Waals surface area contributed by atoms with Gasteiger partial charge in [0.05, 0.1) is 17.4 Å². The van der Waals surface area contributed by atoms with Gasteiger partial charge in [-0.1, -0.05) is 19.1 Å². The average Bonchev–Trinajstić information content (AvgIpc) is 2.77. The van der Waals surface area contributed by atoms with Crippen LogP contribution in [0.4, 0.5) is 17.3 Å². The highest BCUT2D eigenvalue weighted by Gasteiger charge is 2.23. The third-order valence-corrected chi connectivity index (χ3v) is 5.23.